The molecule has 0 aliphatic carbocycles. The lowest BCUT2D eigenvalue weighted by Gasteiger charge is -2.31. The molecular formula is C26H33N5O2. The van der Waals surface area contributed by atoms with Crippen molar-refractivity contribution in [3.05, 3.63) is 48.2 Å². The summed E-state index contributed by atoms with van der Waals surface area (Å²) >= 11 is 0. The first-order chi connectivity index (χ1) is 16.2. The van der Waals surface area contributed by atoms with Crippen LogP contribution < -0.4 is 15.5 Å². The zero-order valence-electron chi connectivity index (χ0n) is 19.1. The van der Waals surface area contributed by atoms with Gasteiger partial charge in [-0.25, -0.2) is 4.98 Å². The van der Waals surface area contributed by atoms with Crippen molar-refractivity contribution in [1.82, 2.24) is 15.2 Å². The molecule has 0 bridgehead atoms. The molecule has 2 aromatic rings. The molecule has 2 unspecified atom stereocenters. The molecule has 2 amide bonds. The van der Waals surface area contributed by atoms with E-state index < -0.39 is 0 Å². The third-order valence-corrected chi connectivity index (χ3v) is 7.21. The molecule has 2 saturated heterocycles. The number of nitrogens with one attached hydrogen (secondary N) is 2. The van der Waals surface area contributed by atoms with Crippen LogP contribution in [0.4, 0.5) is 17.2 Å². The number of fused-ring (bicyclic) bond motifs is 2. The minimum atomic E-state index is -0.290. The van der Waals surface area contributed by atoms with Gasteiger partial charge in [-0.1, -0.05) is 18.6 Å². The minimum Gasteiger partial charge on any atom is -0.319 e. The van der Waals surface area contributed by atoms with Crippen LogP contribution in [-0.4, -0.2) is 53.9 Å². The summed E-state index contributed by atoms with van der Waals surface area (Å²) in [6, 6.07) is 10.6. The maximum atomic E-state index is 14.2. The number of anilines is 3. The van der Waals surface area contributed by atoms with Gasteiger partial charge in [0.2, 0.25) is 5.91 Å². The Morgan fingerprint density at radius 3 is 2.79 bits per heavy atom. The van der Waals surface area contributed by atoms with Crippen LogP contribution in [0.15, 0.2) is 42.6 Å². The van der Waals surface area contributed by atoms with Crippen molar-refractivity contribution in [1.29, 1.82) is 0 Å². The molecule has 0 saturated carbocycles. The molecule has 1 aromatic carbocycles. The van der Waals surface area contributed by atoms with E-state index in [2.05, 4.69) is 20.5 Å². The number of carbonyl (C=O) groups is 2. The van der Waals surface area contributed by atoms with Gasteiger partial charge in [-0.05, 0) is 94.9 Å². The predicted molar refractivity (Wildman–Crippen MR) is 130 cm³/mol. The van der Waals surface area contributed by atoms with E-state index in [1.807, 2.05) is 18.2 Å². The van der Waals surface area contributed by atoms with Gasteiger partial charge in [-0.2, -0.15) is 0 Å². The zero-order chi connectivity index (χ0) is 22.6. The molecule has 3 aliphatic rings. The van der Waals surface area contributed by atoms with E-state index >= 15 is 0 Å². The van der Waals surface area contributed by atoms with Crippen LogP contribution >= 0.6 is 0 Å². The number of rotatable bonds is 5. The normalized spacial score (nSPS) is 23.3. The first-order valence-corrected chi connectivity index (χ1v) is 12.4. The highest BCUT2D eigenvalue weighted by atomic mass is 16.2. The van der Waals surface area contributed by atoms with Crippen molar-refractivity contribution in [2.45, 2.75) is 51.0 Å². The number of para-hydroxylation sites is 1. The van der Waals surface area contributed by atoms with Crippen LogP contribution in [0.25, 0.3) is 0 Å². The Morgan fingerprint density at radius 1 is 1.06 bits per heavy atom. The number of likely N-dealkylation sites (tertiary alicyclic amines) is 1. The number of pyridine rings is 1. The fourth-order valence-electron chi connectivity index (χ4n) is 5.50. The minimum absolute atomic E-state index is 0.0213. The Hall–Kier alpha value is -2.77. The maximum Gasteiger partial charge on any atom is 0.257 e. The second-order valence-electron chi connectivity index (χ2n) is 9.40. The monoisotopic (exact) mass is 447 g/mol. The number of hydrogen-bond donors (Lipinski definition) is 2. The molecule has 1 aromatic heterocycles. The molecule has 3 aliphatic heterocycles. The van der Waals surface area contributed by atoms with Gasteiger partial charge in [-0.15, -0.1) is 0 Å². The molecule has 0 radical (unpaired) electrons. The number of aromatic nitrogens is 1. The van der Waals surface area contributed by atoms with Gasteiger partial charge in [0.15, 0.2) is 5.82 Å². The molecule has 0 spiro atoms. The lowest BCUT2D eigenvalue weighted by atomic mass is 9.89. The summed E-state index contributed by atoms with van der Waals surface area (Å²) in [6.07, 6.45) is 9.69. The largest absolute Gasteiger partial charge is 0.319 e. The van der Waals surface area contributed by atoms with Gasteiger partial charge in [0.05, 0.1) is 23.0 Å². The van der Waals surface area contributed by atoms with E-state index in [-0.39, 0.29) is 23.8 Å². The van der Waals surface area contributed by atoms with Gasteiger partial charge in [0.1, 0.15) is 0 Å². The molecule has 174 valence electrons. The SMILES string of the molecule is O=C1Nc2cccnc2N(C(=O)C2NCCCCC2CCCN2CCCC2)c2ccccc21. The van der Waals surface area contributed by atoms with Crippen molar-refractivity contribution in [2.75, 3.05) is 36.4 Å². The van der Waals surface area contributed by atoms with Gasteiger partial charge in [-0.3, -0.25) is 14.5 Å². The fourth-order valence-corrected chi connectivity index (χ4v) is 5.50. The van der Waals surface area contributed by atoms with E-state index in [0.29, 0.717) is 22.8 Å². The van der Waals surface area contributed by atoms with E-state index in [1.54, 1.807) is 29.3 Å². The Bertz CT molecular complexity index is 1000. The van der Waals surface area contributed by atoms with Gasteiger partial charge < -0.3 is 15.5 Å². The Morgan fingerprint density at radius 2 is 1.91 bits per heavy atom. The van der Waals surface area contributed by atoms with Crippen LogP contribution in [0.2, 0.25) is 0 Å². The van der Waals surface area contributed by atoms with E-state index in [4.69, 9.17) is 0 Å². The average molecular weight is 448 g/mol. The second kappa shape index (κ2) is 10.0. The Kier molecular flexibility index (Phi) is 6.69. The molecule has 4 heterocycles. The highest BCUT2D eigenvalue weighted by Gasteiger charge is 2.37. The number of nitrogens with zero attached hydrogens (tertiary/aromatic N) is 3. The topological polar surface area (TPSA) is 77.6 Å². The van der Waals surface area contributed by atoms with Crippen LogP contribution in [0.5, 0.6) is 0 Å². The molecular weight excluding hydrogens is 414 g/mol. The molecule has 5 rings (SSSR count). The highest BCUT2D eigenvalue weighted by molar-refractivity contribution is 6.17. The summed E-state index contributed by atoms with van der Waals surface area (Å²) in [5.41, 5.74) is 1.65. The van der Waals surface area contributed by atoms with Crippen LogP contribution in [0, 0.1) is 5.92 Å². The first kappa shape index (κ1) is 22.0. The number of amides is 2. The summed E-state index contributed by atoms with van der Waals surface area (Å²) in [7, 11) is 0. The Labute approximate surface area is 195 Å². The molecule has 7 nitrogen and oxygen atoms in total. The summed E-state index contributed by atoms with van der Waals surface area (Å²) in [5.74, 6) is 0.523. The van der Waals surface area contributed by atoms with Crippen molar-refractivity contribution >= 4 is 29.0 Å². The van der Waals surface area contributed by atoms with Crippen LogP contribution in [0.1, 0.15) is 55.3 Å². The highest BCUT2D eigenvalue weighted by Crippen LogP contribution is 2.38. The molecule has 2 atom stereocenters. The lowest BCUT2D eigenvalue weighted by molar-refractivity contribution is -0.121. The smallest absolute Gasteiger partial charge is 0.257 e. The average Bonchev–Trinajstić information content (AvgIpc) is 3.19. The first-order valence-electron chi connectivity index (χ1n) is 12.4. The third kappa shape index (κ3) is 4.66. The maximum absolute atomic E-state index is 14.2. The van der Waals surface area contributed by atoms with Gasteiger partial charge in [0.25, 0.3) is 5.91 Å². The predicted octanol–water partition coefficient (Wildman–Crippen LogP) is 3.95. The van der Waals surface area contributed by atoms with Gasteiger partial charge >= 0.3 is 0 Å². The van der Waals surface area contributed by atoms with Crippen molar-refractivity contribution in [3.8, 4) is 0 Å². The molecule has 2 N–H and O–H groups in total. The summed E-state index contributed by atoms with van der Waals surface area (Å²) < 4.78 is 0. The van der Waals surface area contributed by atoms with Crippen molar-refractivity contribution in [2.24, 2.45) is 5.92 Å². The quantitative estimate of drug-likeness (QED) is 0.726. The second-order valence-corrected chi connectivity index (χ2v) is 9.40. The summed E-state index contributed by atoms with van der Waals surface area (Å²) in [5, 5.41) is 6.50. The van der Waals surface area contributed by atoms with Gasteiger partial charge in [0, 0.05) is 6.20 Å². The lowest BCUT2D eigenvalue weighted by Crippen LogP contribution is -2.49. The fraction of sp³-hybridized carbons (Fsp3) is 0.500. The third-order valence-electron chi connectivity index (χ3n) is 7.21. The van der Waals surface area contributed by atoms with Crippen molar-refractivity contribution < 1.29 is 9.59 Å². The van der Waals surface area contributed by atoms with Crippen LogP contribution in [0.3, 0.4) is 0 Å². The molecule has 33 heavy (non-hydrogen) atoms. The molecule has 7 heteroatoms. The molecule has 2 fully saturated rings. The van der Waals surface area contributed by atoms with Crippen molar-refractivity contribution in [3.63, 3.8) is 0 Å². The van der Waals surface area contributed by atoms with E-state index in [0.717, 1.165) is 45.2 Å². The number of hydrogen-bond acceptors (Lipinski definition) is 5. The standard InChI is InChI=1S/C26H33N5O2/c32-25-20-11-1-2-13-22(20)31(24-21(29-25)12-7-15-28-24)26(33)23-19(9-3-4-14-27-23)10-8-18-30-16-5-6-17-30/h1-2,7,11-13,15,19,23,27H,3-6,8-10,14,16-18H2,(H,29,32). The summed E-state index contributed by atoms with van der Waals surface area (Å²) in [4.78, 5) is 35.8. The summed E-state index contributed by atoms with van der Waals surface area (Å²) in [6.45, 7) is 4.37. The number of benzene rings is 1. The van der Waals surface area contributed by atoms with Crippen LogP contribution in [-0.2, 0) is 4.79 Å². The van der Waals surface area contributed by atoms with E-state index in [9.17, 15) is 9.59 Å². The zero-order valence-corrected chi connectivity index (χ0v) is 19.1. The van der Waals surface area contributed by atoms with E-state index in [1.165, 1.54) is 25.9 Å². The number of carbonyl (C=O) groups excluding carboxylic acids is 2. The Balaban J connectivity index is 1.44.